The Morgan fingerprint density at radius 3 is 0.623 bits per heavy atom. The molecular weight excluding hydrogens is 681 g/mol. The van der Waals surface area contributed by atoms with Gasteiger partial charge in [-0.1, -0.05) is 146 Å². The Kier molecular flexibility index (Phi) is 9.17. The molecule has 0 aliphatic rings. The van der Waals surface area contributed by atoms with Crippen LogP contribution in [0.2, 0.25) is 0 Å². The summed E-state index contributed by atoms with van der Waals surface area (Å²) in [7, 11) is -3.14. The van der Waals surface area contributed by atoms with Gasteiger partial charge in [-0.25, -0.2) is 17.6 Å². The number of hydrogen-bond acceptors (Lipinski definition) is 0. The Bertz CT molecular complexity index is 2160. The molecule has 0 spiro atoms. The van der Waals surface area contributed by atoms with Crippen LogP contribution in [0.25, 0.3) is 44.5 Å². The third kappa shape index (κ3) is 6.75. The summed E-state index contributed by atoms with van der Waals surface area (Å²) >= 11 is 0. The van der Waals surface area contributed by atoms with Crippen molar-refractivity contribution in [1.29, 1.82) is 0 Å². The van der Waals surface area contributed by atoms with Crippen molar-refractivity contribution in [2.45, 2.75) is 0 Å². The van der Waals surface area contributed by atoms with Gasteiger partial charge in [-0.2, -0.15) is 0 Å². The Labute approximate surface area is 307 Å². The average Bonchev–Trinajstić information content (AvgIpc) is 3.19. The van der Waals surface area contributed by atoms with Gasteiger partial charge in [-0.15, -0.1) is 0 Å². The van der Waals surface area contributed by atoms with Crippen molar-refractivity contribution in [3.63, 3.8) is 0 Å². The van der Waals surface area contributed by atoms with Gasteiger partial charge in [0.2, 0.25) is 0 Å². The molecule has 0 saturated carbocycles. The van der Waals surface area contributed by atoms with Crippen molar-refractivity contribution in [1.82, 2.24) is 0 Å². The summed E-state index contributed by atoms with van der Waals surface area (Å²) in [5.74, 6) is -1.20. The minimum atomic E-state index is -3.14. The molecule has 0 unspecified atom stereocenters. The molecule has 0 aliphatic carbocycles. The Morgan fingerprint density at radius 2 is 0.434 bits per heavy atom. The van der Waals surface area contributed by atoms with Gasteiger partial charge in [0.15, 0.2) is 8.07 Å². The molecule has 0 nitrogen and oxygen atoms in total. The van der Waals surface area contributed by atoms with Crippen molar-refractivity contribution in [2.75, 3.05) is 0 Å². The maximum Gasteiger partial charge on any atom is 0.179 e. The summed E-state index contributed by atoms with van der Waals surface area (Å²) in [6.07, 6.45) is 0. The normalized spacial score (nSPS) is 11.4. The summed E-state index contributed by atoms with van der Waals surface area (Å²) in [5.41, 5.74) is 6.68. The highest BCUT2D eigenvalue weighted by atomic mass is 28.3. The van der Waals surface area contributed by atoms with E-state index < -0.39 is 8.07 Å². The van der Waals surface area contributed by atoms with E-state index in [1.807, 2.05) is 72.8 Å². The van der Waals surface area contributed by atoms with Crippen molar-refractivity contribution in [2.24, 2.45) is 0 Å². The molecule has 0 aromatic heterocycles. The minimum Gasteiger partial charge on any atom is -0.207 e. The second-order valence-corrected chi connectivity index (χ2v) is 16.9. The first kappa shape index (κ1) is 33.8. The molecule has 0 fully saturated rings. The lowest BCUT2D eigenvalue weighted by molar-refractivity contribution is 0.628. The topological polar surface area (TPSA) is 0 Å². The first-order valence-electron chi connectivity index (χ1n) is 17.3. The van der Waals surface area contributed by atoms with Gasteiger partial charge >= 0.3 is 0 Å². The monoisotopic (exact) mass is 712 g/mol. The predicted molar refractivity (Wildman–Crippen MR) is 212 cm³/mol. The molecule has 0 bridgehead atoms. The van der Waals surface area contributed by atoms with E-state index >= 15 is 0 Å². The third-order valence-corrected chi connectivity index (χ3v) is 14.7. The fourth-order valence-electron chi connectivity index (χ4n) is 7.32. The van der Waals surface area contributed by atoms with Gasteiger partial charge in [-0.3, -0.25) is 0 Å². The van der Waals surface area contributed by atoms with Crippen LogP contribution in [0, 0.1) is 23.3 Å². The van der Waals surface area contributed by atoms with Crippen molar-refractivity contribution in [3.8, 4) is 44.5 Å². The van der Waals surface area contributed by atoms with E-state index in [4.69, 9.17) is 0 Å². The average molecular weight is 713 g/mol. The molecule has 0 aliphatic heterocycles. The van der Waals surface area contributed by atoms with E-state index in [9.17, 15) is 17.6 Å². The van der Waals surface area contributed by atoms with Gasteiger partial charge < -0.3 is 0 Å². The Balaban J connectivity index is 1.35. The van der Waals surface area contributed by atoms with Gasteiger partial charge in [0.05, 0.1) is 0 Å². The Morgan fingerprint density at radius 1 is 0.226 bits per heavy atom. The molecule has 5 heteroatoms. The quantitative estimate of drug-likeness (QED) is 0.0836. The van der Waals surface area contributed by atoms with Crippen molar-refractivity contribution < 1.29 is 17.6 Å². The molecule has 0 N–H and O–H groups in total. The van der Waals surface area contributed by atoms with Crippen molar-refractivity contribution in [3.05, 3.63) is 217 Å². The zero-order chi connectivity index (χ0) is 36.4. The summed E-state index contributed by atoms with van der Waals surface area (Å²) in [5, 5.41) is 4.36. The van der Waals surface area contributed by atoms with Gasteiger partial charge in [0.25, 0.3) is 0 Å². The highest BCUT2D eigenvalue weighted by Gasteiger charge is 2.41. The largest absolute Gasteiger partial charge is 0.207 e. The van der Waals surface area contributed by atoms with Crippen LogP contribution < -0.4 is 20.7 Å². The first-order chi connectivity index (χ1) is 25.9. The van der Waals surface area contributed by atoms with E-state index in [0.717, 1.165) is 65.3 Å². The van der Waals surface area contributed by atoms with Crippen LogP contribution in [0.1, 0.15) is 0 Å². The SMILES string of the molecule is Fc1cccc(-c2ccc([Si](c3ccc(-c4cccc(F)c4)cc3)(c3ccc(-c4cccc(F)c4)cc3)c3ccc(-c4cccc(F)c4)cc3)cc2)c1. The summed E-state index contributed by atoms with van der Waals surface area (Å²) in [6, 6.07) is 59.6. The summed E-state index contributed by atoms with van der Waals surface area (Å²) in [6.45, 7) is 0. The van der Waals surface area contributed by atoms with Crippen LogP contribution in [-0.2, 0) is 0 Å². The first-order valence-corrected chi connectivity index (χ1v) is 19.3. The molecule has 0 atom stereocenters. The smallest absolute Gasteiger partial charge is 0.179 e. The van der Waals surface area contributed by atoms with E-state index in [1.54, 1.807) is 24.3 Å². The third-order valence-electron chi connectivity index (χ3n) is 9.90. The summed E-state index contributed by atoms with van der Waals surface area (Å²) < 4.78 is 57.0. The molecule has 53 heavy (non-hydrogen) atoms. The summed E-state index contributed by atoms with van der Waals surface area (Å²) in [4.78, 5) is 0. The zero-order valence-corrected chi connectivity index (χ0v) is 29.5. The molecule has 0 saturated heterocycles. The molecule has 256 valence electrons. The second kappa shape index (κ2) is 14.4. The van der Waals surface area contributed by atoms with Gasteiger partial charge in [-0.05, 0) is 114 Å². The molecule has 0 amide bonds. The lowest BCUT2D eigenvalue weighted by atomic mass is 10.1. The van der Waals surface area contributed by atoms with E-state index in [-0.39, 0.29) is 23.3 Å². The highest BCUT2D eigenvalue weighted by molar-refractivity contribution is 7.19. The lowest BCUT2D eigenvalue weighted by Gasteiger charge is -2.35. The molecule has 8 aromatic carbocycles. The Hall–Kier alpha value is -6.30. The van der Waals surface area contributed by atoms with Crippen molar-refractivity contribution >= 4 is 28.8 Å². The lowest BCUT2D eigenvalue weighted by Crippen LogP contribution is -2.74. The predicted octanol–water partition coefficient (Wildman–Crippen LogP) is 10.3. The van der Waals surface area contributed by atoms with E-state index in [2.05, 4.69) is 48.5 Å². The fourth-order valence-corrected chi connectivity index (χ4v) is 12.0. The maximum absolute atomic E-state index is 14.3. The molecule has 0 radical (unpaired) electrons. The maximum atomic E-state index is 14.3. The number of halogens is 4. The molecule has 8 rings (SSSR count). The van der Waals surface area contributed by atoms with Crippen LogP contribution in [0.15, 0.2) is 194 Å². The van der Waals surface area contributed by atoms with E-state index in [1.165, 1.54) is 48.5 Å². The minimum absolute atomic E-state index is 0.301. The second-order valence-electron chi connectivity index (χ2n) is 13.1. The molecular formula is C48H32F4Si. The molecule has 8 aromatic rings. The van der Waals surface area contributed by atoms with Gasteiger partial charge in [0, 0.05) is 0 Å². The molecule has 0 heterocycles. The number of benzene rings is 8. The fraction of sp³-hybridized carbons (Fsp3) is 0. The number of hydrogen-bond donors (Lipinski definition) is 0. The van der Waals surface area contributed by atoms with Crippen LogP contribution in [0.5, 0.6) is 0 Å². The highest BCUT2D eigenvalue weighted by Crippen LogP contribution is 2.25. The van der Waals surface area contributed by atoms with Crippen LogP contribution in [0.4, 0.5) is 17.6 Å². The van der Waals surface area contributed by atoms with Crippen LogP contribution in [-0.4, -0.2) is 8.07 Å². The van der Waals surface area contributed by atoms with E-state index in [0.29, 0.717) is 0 Å². The van der Waals surface area contributed by atoms with Crippen LogP contribution >= 0.6 is 0 Å². The van der Waals surface area contributed by atoms with Crippen LogP contribution in [0.3, 0.4) is 0 Å². The van der Waals surface area contributed by atoms with Gasteiger partial charge in [0.1, 0.15) is 23.3 Å². The zero-order valence-electron chi connectivity index (χ0n) is 28.5. The standard InChI is InChI=1S/C48H32F4Si/c49-41-9-1-5-37(29-41)33-13-21-45(22-14-33)53(46-23-15-34(16-24-46)38-6-2-10-42(50)30-38,47-25-17-35(18-26-47)39-7-3-11-43(51)31-39)48-27-19-36(20-28-48)40-8-4-12-44(52)32-40/h1-32H. The number of rotatable bonds is 8.